The molecule has 0 aromatic heterocycles. The third-order valence-electron chi connectivity index (χ3n) is 7.57. The summed E-state index contributed by atoms with van der Waals surface area (Å²) in [6.07, 6.45) is 11.4. The Balaban J connectivity index is 1.27. The SMILES string of the molecule is COc1cc(/C=C/CN2CCC(C3c4ccccc4C=Cc4ccccc43)CC2)cc(OC)c1OC. The first-order valence-corrected chi connectivity index (χ1v) is 12.8. The molecule has 0 N–H and O–H groups in total. The molecule has 0 radical (unpaired) electrons. The van der Waals surface area contributed by atoms with E-state index in [4.69, 9.17) is 14.2 Å². The van der Waals surface area contributed by atoms with Crippen molar-refractivity contribution < 1.29 is 14.2 Å². The molecule has 0 saturated carbocycles. The van der Waals surface area contributed by atoms with E-state index in [-0.39, 0.29) is 0 Å². The average Bonchev–Trinajstić information content (AvgIpc) is 3.10. The van der Waals surface area contributed by atoms with Crippen molar-refractivity contribution in [2.45, 2.75) is 18.8 Å². The molecule has 1 saturated heterocycles. The van der Waals surface area contributed by atoms with Crippen molar-refractivity contribution in [2.75, 3.05) is 41.0 Å². The van der Waals surface area contributed by atoms with Gasteiger partial charge in [-0.3, -0.25) is 4.90 Å². The maximum Gasteiger partial charge on any atom is 0.203 e. The monoisotopic (exact) mass is 481 g/mol. The first kappa shape index (κ1) is 24.2. The number of likely N-dealkylation sites (tertiary alicyclic amines) is 1. The number of benzene rings is 3. The zero-order valence-electron chi connectivity index (χ0n) is 21.4. The molecule has 186 valence electrons. The van der Waals surface area contributed by atoms with Gasteiger partial charge in [-0.2, -0.15) is 0 Å². The lowest BCUT2D eigenvalue weighted by Crippen LogP contribution is -2.36. The van der Waals surface area contributed by atoms with Crippen LogP contribution in [0.1, 0.15) is 46.6 Å². The number of hydrogen-bond acceptors (Lipinski definition) is 4. The molecule has 1 aliphatic carbocycles. The largest absolute Gasteiger partial charge is 0.493 e. The highest BCUT2D eigenvalue weighted by molar-refractivity contribution is 5.76. The lowest BCUT2D eigenvalue weighted by molar-refractivity contribution is 0.190. The summed E-state index contributed by atoms with van der Waals surface area (Å²) in [6.45, 7) is 3.15. The highest BCUT2D eigenvalue weighted by Crippen LogP contribution is 2.43. The zero-order valence-corrected chi connectivity index (χ0v) is 21.4. The summed E-state index contributed by atoms with van der Waals surface area (Å²) in [5.41, 5.74) is 6.70. The lowest BCUT2D eigenvalue weighted by atomic mass is 9.74. The van der Waals surface area contributed by atoms with E-state index in [0.29, 0.717) is 29.1 Å². The molecule has 1 fully saturated rings. The van der Waals surface area contributed by atoms with Crippen LogP contribution in [0.15, 0.2) is 66.7 Å². The van der Waals surface area contributed by atoms with Crippen molar-refractivity contribution in [1.29, 1.82) is 0 Å². The Morgan fingerprint density at radius 3 is 1.86 bits per heavy atom. The van der Waals surface area contributed by atoms with Crippen LogP contribution in [0.2, 0.25) is 0 Å². The standard InChI is InChI=1S/C32H35NO3/c1-34-29-21-23(22-30(35-2)32(29)36-3)9-8-18-33-19-16-26(17-20-33)31-27-12-6-4-10-24(27)14-15-25-11-5-7-13-28(25)31/h4-15,21-22,26,31H,16-20H2,1-3H3/b9-8+. The van der Waals surface area contributed by atoms with E-state index in [1.807, 2.05) is 12.1 Å². The Bertz CT molecular complexity index is 1180. The van der Waals surface area contributed by atoms with E-state index < -0.39 is 0 Å². The van der Waals surface area contributed by atoms with Gasteiger partial charge in [0.05, 0.1) is 21.3 Å². The smallest absolute Gasteiger partial charge is 0.203 e. The Kier molecular flexibility index (Phi) is 7.43. The minimum atomic E-state index is 0.448. The second-order valence-corrected chi connectivity index (χ2v) is 9.57. The third-order valence-corrected chi connectivity index (χ3v) is 7.57. The summed E-state index contributed by atoms with van der Waals surface area (Å²) >= 11 is 0. The maximum absolute atomic E-state index is 5.49. The van der Waals surface area contributed by atoms with Gasteiger partial charge in [-0.1, -0.05) is 72.8 Å². The van der Waals surface area contributed by atoms with Gasteiger partial charge >= 0.3 is 0 Å². The molecule has 0 atom stereocenters. The molecule has 3 aromatic rings. The summed E-state index contributed by atoms with van der Waals surface area (Å²) < 4.78 is 16.4. The van der Waals surface area contributed by atoms with Crippen LogP contribution in [0.3, 0.4) is 0 Å². The van der Waals surface area contributed by atoms with Gasteiger partial charge in [0.2, 0.25) is 5.75 Å². The summed E-state index contributed by atoms with van der Waals surface area (Å²) in [5.74, 6) is 3.06. The molecule has 1 aliphatic heterocycles. The Labute approximate surface area is 214 Å². The van der Waals surface area contributed by atoms with Gasteiger partial charge in [-0.15, -0.1) is 0 Å². The molecule has 3 aromatic carbocycles. The van der Waals surface area contributed by atoms with Crippen molar-refractivity contribution in [3.8, 4) is 17.2 Å². The number of methoxy groups -OCH3 is 3. The topological polar surface area (TPSA) is 30.9 Å². The molecule has 2 aliphatic rings. The number of piperidine rings is 1. The van der Waals surface area contributed by atoms with Crippen LogP contribution in [0, 0.1) is 5.92 Å². The van der Waals surface area contributed by atoms with Gasteiger partial charge in [0, 0.05) is 12.5 Å². The molecule has 5 rings (SSSR count). The van der Waals surface area contributed by atoms with Crippen LogP contribution < -0.4 is 14.2 Å². The molecule has 0 bridgehead atoms. The first-order chi connectivity index (χ1) is 17.7. The average molecular weight is 482 g/mol. The fourth-order valence-electron chi connectivity index (χ4n) is 5.75. The van der Waals surface area contributed by atoms with Crippen molar-refractivity contribution in [3.63, 3.8) is 0 Å². The molecule has 0 unspecified atom stereocenters. The summed E-state index contributed by atoms with van der Waals surface area (Å²) in [6, 6.07) is 21.8. The minimum absolute atomic E-state index is 0.448. The first-order valence-electron chi connectivity index (χ1n) is 12.8. The zero-order chi connectivity index (χ0) is 24.9. The van der Waals surface area contributed by atoms with Crippen molar-refractivity contribution in [1.82, 2.24) is 4.90 Å². The molecular weight excluding hydrogens is 446 g/mol. The van der Waals surface area contributed by atoms with Crippen LogP contribution in [-0.2, 0) is 0 Å². The van der Waals surface area contributed by atoms with E-state index in [2.05, 4.69) is 77.7 Å². The van der Waals surface area contributed by atoms with Gasteiger partial charge in [-0.05, 0) is 71.8 Å². The van der Waals surface area contributed by atoms with E-state index in [0.717, 1.165) is 25.2 Å². The number of fused-ring (bicyclic) bond motifs is 2. The van der Waals surface area contributed by atoms with Crippen molar-refractivity contribution in [2.24, 2.45) is 5.92 Å². The third kappa shape index (κ3) is 4.91. The van der Waals surface area contributed by atoms with E-state index in [1.54, 1.807) is 21.3 Å². The molecule has 4 nitrogen and oxygen atoms in total. The van der Waals surface area contributed by atoms with Crippen LogP contribution >= 0.6 is 0 Å². The van der Waals surface area contributed by atoms with E-state index in [9.17, 15) is 0 Å². The van der Waals surface area contributed by atoms with Gasteiger partial charge < -0.3 is 14.2 Å². The van der Waals surface area contributed by atoms with Crippen LogP contribution in [0.5, 0.6) is 17.2 Å². The van der Waals surface area contributed by atoms with Crippen molar-refractivity contribution in [3.05, 3.63) is 94.6 Å². The lowest BCUT2D eigenvalue weighted by Gasteiger charge is -2.37. The Morgan fingerprint density at radius 1 is 0.778 bits per heavy atom. The van der Waals surface area contributed by atoms with Gasteiger partial charge in [-0.25, -0.2) is 0 Å². The normalized spacial score (nSPS) is 16.4. The Hall–Kier alpha value is -3.50. The highest BCUT2D eigenvalue weighted by Gasteiger charge is 2.31. The molecule has 0 spiro atoms. The predicted octanol–water partition coefficient (Wildman–Crippen LogP) is 6.75. The Morgan fingerprint density at radius 2 is 1.33 bits per heavy atom. The van der Waals surface area contributed by atoms with Gasteiger partial charge in [0.1, 0.15) is 0 Å². The molecule has 36 heavy (non-hydrogen) atoms. The number of ether oxygens (including phenoxy) is 3. The summed E-state index contributed by atoms with van der Waals surface area (Å²) in [5, 5.41) is 0. The maximum atomic E-state index is 5.49. The minimum Gasteiger partial charge on any atom is -0.493 e. The second kappa shape index (κ2) is 11.0. The summed E-state index contributed by atoms with van der Waals surface area (Å²) in [4.78, 5) is 2.55. The van der Waals surface area contributed by atoms with E-state index in [1.165, 1.54) is 35.1 Å². The number of nitrogens with zero attached hydrogens (tertiary/aromatic N) is 1. The quantitative estimate of drug-likeness (QED) is 0.373. The predicted molar refractivity (Wildman–Crippen MR) is 148 cm³/mol. The number of hydrogen-bond donors (Lipinski definition) is 0. The molecule has 1 heterocycles. The van der Waals surface area contributed by atoms with Crippen LogP contribution in [0.25, 0.3) is 18.2 Å². The van der Waals surface area contributed by atoms with Crippen molar-refractivity contribution >= 4 is 18.2 Å². The van der Waals surface area contributed by atoms with E-state index >= 15 is 0 Å². The van der Waals surface area contributed by atoms with Crippen LogP contribution in [-0.4, -0.2) is 45.9 Å². The second-order valence-electron chi connectivity index (χ2n) is 9.57. The molecule has 4 heteroatoms. The number of rotatable bonds is 7. The van der Waals surface area contributed by atoms with Gasteiger partial charge in [0.25, 0.3) is 0 Å². The fourth-order valence-corrected chi connectivity index (χ4v) is 5.75. The van der Waals surface area contributed by atoms with Gasteiger partial charge in [0.15, 0.2) is 11.5 Å². The highest BCUT2D eigenvalue weighted by atomic mass is 16.5. The molecular formula is C32H35NO3. The fraction of sp³-hybridized carbons (Fsp3) is 0.312. The van der Waals surface area contributed by atoms with Crippen LogP contribution in [0.4, 0.5) is 0 Å². The molecule has 0 amide bonds. The summed E-state index contributed by atoms with van der Waals surface area (Å²) in [7, 11) is 4.93.